The minimum absolute atomic E-state index is 0.302. The van der Waals surface area contributed by atoms with E-state index in [0.717, 1.165) is 27.8 Å². The van der Waals surface area contributed by atoms with E-state index in [1.807, 2.05) is 12.1 Å². The predicted octanol–water partition coefficient (Wildman–Crippen LogP) is 11.9. The summed E-state index contributed by atoms with van der Waals surface area (Å²) in [5, 5.41) is 2.27. The summed E-state index contributed by atoms with van der Waals surface area (Å²) in [6.45, 7) is 12.2. The summed E-state index contributed by atoms with van der Waals surface area (Å²) in [5.74, 6) is 0.903. The number of fused-ring (bicyclic) bond motifs is 8. The molecule has 1 aliphatic heterocycles. The Morgan fingerprint density at radius 1 is 0.696 bits per heavy atom. The van der Waals surface area contributed by atoms with Gasteiger partial charge in [-0.1, -0.05) is 117 Å². The fourth-order valence-electron chi connectivity index (χ4n) is 7.20. The molecule has 222 valence electrons. The van der Waals surface area contributed by atoms with Crippen LogP contribution in [0.25, 0.3) is 32.8 Å². The Morgan fingerprint density at radius 3 is 2.00 bits per heavy atom. The van der Waals surface area contributed by atoms with Gasteiger partial charge in [0.15, 0.2) is 11.3 Å². The van der Waals surface area contributed by atoms with Crippen LogP contribution in [0.5, 0.6) is 5.75 Å². The van der Waals surface area contributed by atoms with E-state index < -0.39 is 5.60 Å². The molecule has 6 aromatic rings. The molecule has 0 saturated heterocycles. The van der Waals surface area contributed by atoms with Gasteiger partial charge < -0.3 is 4.74 Å². The molecule has 0 aromatic heterocycles. The molecule has 2 nitrogen and oxygen atoms in total. The van der Waals surface area contributed by atoms with Crippen LogP contribution in [-0.2, 0) is 11.0 Å². The maximum atomic E-state index is 7.67. The highest BCUT2D eigenvalue weighted by Gasteiger charge is 2.44. The van der Waals surface area contributed by atoms with Crippen LogP contribution in [0.1, 0.15) is 41.7 Å². The summed E-state index contributed by atoms with van der Waals surface area (Å²) < 4.78 is 7.45. The van der Waals surface area contributed by atoms with Crippen LogP contribution >= 0.6 is 23.5 Å². The van der Waals surface area contributed by atoms with Crippen molar-refractivity contribution in [3.8, 4) is 16.9 Å². The van der Waals surface area contributed by atoms with Crippen molar-refractivity contribution in [1.82, 2.24) is 0 Å². The van der Waals surface area contributed by atoms with Crippen LogP contribution in [0, 0.1) is 6.57 Å². The molecule has 0 N–H and O–H groups in total. The molecule has 1 atom stereocenters. The Bertz CT molecular complexity index is 2210. The lowest BCUT2D eigenvalue weighted by Gasteiger charge is -2.38. The molecule has 46 heavy (non-hydrogen) atoms. The predicted molar refractivity (Wildman–Crippen MR) is 193 cm³/mol. The molecular formula is C42H31NOS2. The van der Waals surface area contributed by atoms with Crippen molar-refractivity contribution >= 4 is 46.1 Å². The topological polar surface area (TPSA) is 13.6 Å². The van der Waals surface area contributed by atoms with Crippen molar-refractivity contribution in [3.63, 3.8) is 0 Å². The zero-order valence-electron chi connectivity index (χ0n) is 25.9. The zero-order chi connectivity index (χ0) is 31.5. The number of hydrogen-bond acceptors (Lipinski definition) is 3. The van der Waals surface area contributed by atoms with E-state index in [2.05, 4.69) is 146 Å². The van der Waals surface area contributed by atoms with E-state index in [9.17, 15) is 0 Å². The summed E-state index contributed by atoms with van der Waals surface area (Å²) in [6.07, 6.45) is 6.65. The van der Waals surface area contributed by atoms with E-state index >= 15 is 0 Å². The highest BCUT2D eigenvalue weighted by Crippen LogP contribution is 2.58. The molecule has 0 saturated carbocycles. The third-order valence-electron chi connectivity index (χ3n) is 9.43. The molecule has 0 fully saturated rings. The number of ether oxygens (including phenoxy) is 1. The van der Waals surface area contributed by atoms with Crippen LogP contribution in [-0.4, -0.2) is 6.26 Å². The number of benzene rings is 6. The third kappa shape index (κ3) is 4.42. The standard InChI is InChI=1S/C42H31NOS2/c1-41(2)37-26-29(43-3)18-23-35(37)38-33-12-8-9-13-34(33)40-36(39(38)41)24-25-42(44-40,27-14-19-30(45-4)20-15-27)28-16-21-32(22-17-28)46-31-10-6-5-7-11-31/h5-26H,1-2,4H3. The molecule has 2 aliphatic rings. The quantitative estimate of drug-likeness (QED) is 0.139. The largest absolute Gasteiger partial charge is 0.472 e. The number of rotatable bonds is 5. The first kappa shape index (κ1) is 28.8. The minimum atomic E-state index is -0.816. The molecule has 1 aliphatic carbocycles. The second-order valence-electron chi connectivity index (χ2n) is 12.3. The van der Waals surface area contributed by atoms with Gasteiger partial charge in [0.1, 0.15) is 5.75 Å². The lowest BCUT2D eigenvalue weighted by Crippen LogP contribution is -2.35. The Morgan fingerprint density at radius 2 is 1.33 bits per heavy atom. The highest BCUT2D eigenvalue weighted by molar-refractivity contribution is 7.99. The summed E-state index contributed by atoms with van der Waals surface area (Å²) >= 11 is 3.50. The van der Waals surface area contributed by atoms with Crippen molar-refractivity contribution < 1.29 is 4.74 Å². The van der Waals surface area contributed by atoms with Gasteiger partial charge in [-0.2, -0.15) is 0 Å². The van der Waals surface area contributed by atoms with Gasteiger partial charge >= 0.3 is 0 Å². The maximum Gasteiger partial charge on any atom is 0.187 e. The van der Waals surface area contributed by atoms with Gasteiger partial charge in [-0.05, 0) is 76.4 Å². The van der Waals surface area contributed by atoms with Crippen LogP contribution < -0.4 is 4.74 Å². The van der Waals surface area contributed by atoms with E-state index in [4.69, 9.17) is 11.3 Å². The molecular weight excluding hydrogens is 599 g/mol. The molecule has 4 heteroatoms. The lowest BCUT2D eigenvalue weighted by atomic mass is 9.77. The SMILES string of the molecule is [C-]#[N+]c1ccc2c(c1)C(C)(C)c1c3c(c4ccccc4c1-2)OC(c1ccc(SC)cc1)(c1ccc(Sc2ccccc2)cc1)C=C3. The minimum Gasteiger partial charge on any atom is -0.472 e. The van der Waals surface area contributed by atoms with Crippen molar-refractivity contribution in [2.75, 3.05) is 6.26 Å². The molecule has 6 aromatic carbocycles. The van der Waals surface area contributed by atoms with Gasteiger partial charge in [0.2, 0.25) is 0 Å². The highest BCUT2D eigenvalue weighted by atomic mass is 32.2. The van der Waals surface area contributed by atoms with Gasteiger partial charge in [-0.3, -0.25) is 0 Å². The fourth-order valence-corrected chi connectivity index (χ4v) is 8.45. The van der Waals surface area contributed by atoms with Crippen molar-refractivity contribution in [1.29, 1.82) is 0 Å². The van der Waals surface area contributed by atoms with Gasteiger partial charge in [0, 0.05) is 42.2 Å². The normalized spacial score (nSPS) is 17.1. The fraction of sp³-hybridized carbons (Fsp3) is 0.119. The molecule has 0 amide bonds. The summed E-state index contributed by atoms with van der Waals surface area (Å²) in [5.41, 5.74) is 7.75. The first-order chi connectivity index (χ1) is 22.4. The Balaban J connectivity index is 1.33. The molecule has 1 heterocycles. The van der Waals surface area contributed by atoms with Crippen LogP contribution in [0.4, 0.5) is 5.69 Å². The monoisotopic (exact) mass is 629 g/mol. The summed E-state index contributed by atoms with van der Waals surface area (Å²) in [7, 11) is 0. The molecule has 8 rings (SSSR count). The Labute approximate surface area is 279 Å². The number of hydrogen-bond donors (Lipinski definition) is 0. The molecule has 1 unspecified atom stereocenters. The van der Waals surface area contributed by atoms with Gasteiger partial charge in [0.05, 0.1) is 6.57 Å². The van der Waals surface area contributed by atoms with Gasteiger partial charge in [-0.15, -0.1) is 11.8 Å². The first-order valence-electron chi connectivity index (χ1n) is 15.4. The second kappa shape index (κ2) is 11.0. The average molecular weight is 630 g/mol. The van der Waals surface area contributed by atoms with Crippen LogP contribution in [0.15, 0.2) is 142 Å². The number of thioether (sulfide) groups is 1. The third-order valence-corrected chi connectivity index (χ3v) is 11.2. The van der Waals surface area contributed by atoms with Crippen molar-refractivity contribution in [2.45, 2.75) is 39.5 Å². The maximum absolute atomic E-state index is 7.67. The second-order valence-corrected chi connectivity index (χ2v) is 14.4. The van der Waals surface area contributed by atoms with E-state index in [-0.39, 0.29) is 5.41 Å². The Hall–Kier alpha value is -4.69. The summed E-state index contributed by atoms with van der Waals surface area (Å²) in [6, 6.07) is 42.9. The average Bonchev–Trinajstić information content (AvgIpc) is 3.35. The van der Waals surface area contributed by atoms with Crippen LogP contribution in [0.2, 0.25) is 0 Å². The van der Waals surface area contributed by atoms with Crippen LogP contribution in [0.3, 0.4) is 0 Å². The molecule has 0 bridgehead atoms. The Kier molecular flexibility index (Phi) is 6.87. The molecule has 0 spiro atoms. The number of nitrogens with zero attached hydrogens (tertiary/aromatic N) is 1. The first-order valence-corrected chi connectivity index (χ1v) is 17.4. The lowest BCUT2D eigenvalue weighted by molar-refractivity contribution is 0.163. The van der Waals surface area contributed by atoms with Gasteiger partial charge in [-0.25, -0.2) is 4.85 Å². The molecule has 0 radical (unpaired) electrons. The zero-order valence-corrected chi connectivity index (χ0v) is 27.5. The van der Waals surface area contributed by atoms with Crippen molar-refractivity contribution in [2.24, 2.45) is 0 Å². The smallest absolute Gasteiger partial charge is 0.187 e. The summed E-state index contributed by atoms with van der Waals surface area (Å²) in [4.78, 5) is 7.38. The van der Waals surface area contributed by atoms with E-state index in [1.54, 1.807) is 23.5 Å². The van der Waals surface area contributed by atoms with Gasteiger partial charge in [0.25, 0.3) is 0 Å². The van der Waals surface area contributed by atoms with Crippen molar-refractivity contribution in [3.05, 3.63) is 167 Å². The van der Waals surface area contributed by atoms with E-state index in [1.165, 1.54) is 42.3 Å². The van der Waals surface area contributed by atoms with E-state index in [0.29, 0.717) is 5.69 Å².